The number of hydrogen-bond donors (Lipinski definition) is 1. The van der Waals surface area contributed by atoms with E-state index in [1.807, 2.05) is 23.5 Å². The van der Waals surface area contributed by atoms with E-state index in [2.05, 4.69) is 16.3 Å². The predicted molar refractivity (Wildman–Crippen MR) is 105 cm³/mol. The molecule has 0 atom stereocenters. The minimum atomic E-state index is -0.254. The highest BCUT2D eigenvalue weighted by molar-refractivity contribution is 5.68. The van der Waals surface area contributed by atoms with Crippen molar-refractivity contribution in [2.45, 2.75) is 19.9 Å². The van der Waals surface area contributed by atoms with Gasteiger partial charge in [0.25, 0.3) is 0 Å². The molecule has 3 heterocycles. The van der Waals surface area contributed by atoms with Crippen LogP contribution >= 0.6 is 0 Å². The average molecular weight is 368 g/mol. The van der Waals surface area contributed by atoms with Crippen LogP contribution in [0.25, 0.3) is 16.9 Å². The molecule has 0 saturated carbocycles. The molecule has 0 spiro atoms. The lowest BCUT2D eigenvalue weighted by molar-refractivity contribution is 0.280. The molecular formula is C21H25FN4O. The van der Waals surface area contributed by atoms with Gasteiger partial charge in [-0.1, -0.05) is 0 Å². The van der Waals surface area contributed by atoms with Crippen LogP contribution in [0.1, 0.15) is 17.7 Å². The van der Waals surface area contributed by atoms with Gasteiger partial charge in [-0.2, -0.15) is 0 Å². The van der Waals surface area contributed by atoms with Crippen LogP contribution in [0, 0.1) is 12.7 Å². The highest BCUT2D eigenvalue weighted by Gasteiger charge is 2.19. The van der Waals surface area contributed by atoms with E-state index in [4.69, 9.17) is 9.72 Å². The Balaban J connectivity index is 1.80. The molecule has 1 aromatic carbocycles. The Labute approximate surface area is 158 Å². The number of fused-ring (bicyclic) bond motifs is 1. The third kappa shape index (κ3) is 3.68. The van der Waals surface area contributed by atoms with Crippen molar-refractivity contribution in [3.05, 3.63) is 53.6 Å². The molecule has 3 aromatic rings. The third-order valence-electron chi connectivity index (χ3n) is 5.16. The molecule has 27 heavy (non-hydrogen) atoms. The molecule has 1 fully saturated rings. The van der Waals surface area contributed by atoms with Crippen molar-refractivity contribution >= 4 is 5.65 Å². The van der Waals surface area contributed by atoms with Crippen molar-refractivity contribution in [1.82, 2.24) is 19.6 Å². The second-order valence-electron chi connectivity index (χ2n) is 7.05. The maximum Gasteiger partial charge on any atom is 0.139 e. The van der Waals surface area contributed by atoms with E-state index in [0.29, 0.717) is 0 Å². The Morgan fingerprint density at radius 3 is 2.89 bits per heavy atom. The van der Waals surface area contributed by atoms with Crippen molar-refractivity contribution in [2.24, 2.45) is 0 Å². The number of rotatable bonds is 4. The molecule has 142 valence electrons. The minimum Gasteiger partial charge on any atom is -0.496 e. The summed E-state index contributed by atoms with van der Waals surface area (Å²) < 4.78 is 21.2. The van der Waals surface area contributed by atoms with Crippen LogP contribution in [-0.2, 0) is 6.54 Å². The molecular weight excluding hydrogens is 343 g/mol. The Hall–Kier alpha value is -2.44. The molecule has 1 aliphatic heterocycles. The van der Waals surface area contributed by atoms with E-state index in [-0.39, 0.29) is 5.82 Å². The summed E-state index contributed by atoms with van der Waals surface area (Å²) in [5.74, 6) is 0.602. The van der Waals surface area contributed by atoms with Gasteiger partial charge in [0, 0.05) is 31.4 Å². The van der Waals surface area contributed by atoms with Gasteiger partial charge >= 0.3 is 0 Å². The zero-order chi connectivity index (χ0) is 18.8. The van der Waals surface area contributed by atoms with Gasteiger partial charge in [-0.3, -0.25) is 9.30 Å². The van der Waals surface area contributed by atoms with Gasteiger partial charge in [-0.25, -0.2) is 9.37 Å². The molecule has 0 amide bonds. The predicted octanol–water partition coefficient (Wildman–Crippen LogP) is 3.25. The lowest BCUT2D eigenvalue weighted by Gasteiger charge is -2.20. The summed E-state index contributed by atoms with van der Waals surface area (Å²) in [5, 5.41) is 3.43. The SMILES string of the molecule is COc1ccc(-c2nc3ccc(F)cn3c2CN2CCCNCC2)cc1C. The van der Waals surface area contributed by atoms with Crippen LogP contribution in [0.2, 0.25) is 0 Å². The van der Waals surface area contributed by atoms with E-state index in [1.165, 1.54) is 12.3 Å². The molecule has 0 radical (unpaired) electrons. The number of halogens is 1. The number of hydrogen-bond acceptors (Lipinski definition) is 4. The Morgan fingerprint density at radius 2 is 2.07 bits per heavy atom. The normalized spacial score (nSPS) is 15.8. The Bertz CT molecular complexity index is 945. The molecule has 5 nitrogen and oxygen atoms in total. The lowest BCUT2D eigenvalue weighted by Crippen LogP contribution is -2.28. The van der Waals surface area contributed by atoms with E-state index in [9.17, 15) is 4.39 Å². The number of aromatic nitrogens is 2. The van der Waals surface area contributed by atoms with E-state index in [1.54, 1.807) is 13.2 Å². The zero-order valence-corrected chi connectivity index (χ0v) is 15.8. The third-order valence-corrected chi connectivity index (χ3v) is 5.16. The molecule has 4 rings (SSSR count). The van der Waals surface area contributed by atoms with Crippen molar-refractivity contribution < 1.29 is 9.13 Å². The molecule has 0 aliphatic carbocycles. The summed E-state index contributed by atoms with van der Waals surface area (Å²) >= 11 is 0. The molecule has 1 aliphatic rings. The van der Waals surface area contributed by atoms with Crippen molar-refractivity contribution in [3.8, 4) is 17.0 Å². The summed E-state index contributed by atoms with van der Waals surface area (Å²) in [7, 11) is 1.68. The topological polar surface area (TPSA) is 41.8 Å². The first-order chi connectivity index (χ1) is 13.2. The summed E-state index contributed by atoms with van der Waals surface area (Å²) in [6.45, 7) is 6.79. The quantitative estimate of drug-likeness (QED) is 0.768. The number of ether oxygens (including phenoxy) is 1. The van der Waals surface area contributed by atoms with Crippen molar-refractivity contribution in [3.63, 3.8) is 0 Å². The van der Waals surface area contributed by atoms with Gasteiger partial charge in [-0.15, -0.1) is 0 Å². The molecule has 0 bridgehead atoms. The zero-order valence-electron chi connectivity index (χ0n) is 15.8. The van der Waals surface area contributed by atoms with E-state index < -0.39 is 0 Å². The van der Waals surface area contributed by atoms with Crippen LogP contribution in [0.15, 0.2) is 36.5 Å². The van der Waals surface area contributed by atoms with Crippen LogP contribution in [-0.4, -0.2) is 47.6 Å². The maximum absolute atomic E-state index is 13.9. The molecule has 6 heteroatoms. The van der Waals surface area contributed by atoms with Crippen molar-refractivity contribution in [1.29, 1.82) is 0 Å². The van der Waals surface area contributed by atoms with Gasteiger partial charge in [0.15, 0.2) is 0 Å². The monoisotopic (exact) mass is 368 g/mol. The highest BCUT2D eigenvalue weighted by atomic mass is 19.1. The van der Waals surface area contributed by atoms with Gasteiger partial charge in [-0.05, 0) is 62.3 Å². The van der Waals surface area contributed by atoms with Crippen LogP contribution < -0.4 is 10.1 Å². The molecule has 1 N–H and O–H groups in total. The van der Waals surface area contributed by atoms with Gasteiger partial charge < -0.3 is 10.1 Å². The fourth-order valence-electron chi connectivity index (χ4n) is 3.75. The number of methoxy groups -OCH3 is 1. The van der Waals surface area contributed by atoms with Crippen LogP contribution in [0.5, 0.6) is 5.75 Å². The second-order valence-corrected chi connectivity index (χ2v) is 7.05. The number of aryl methyl sites for hydroxylation is 1. The van der Waals surface area contributed by atoms with Gasteiger partial charge in [0.1, 0.15) is 17.2 Å². The number of imidazole rings is 1. The van der Waals surface area contributed by atoms with Gasteiger partial charge in [0.05, 0.1) is 18.5 Å². The maximum atomic E-state index is 13.9. The lowest BCUT2D eigenvalue weighted by atomic mass is 10.1. The molecule has 0 unspecified atom stereocenters. The first-order valence-electron chi connectivity index (χ1n) is 9.40. The van der Waals surface area contributed by atoms with Crippen LogP contribution in [0.3, 0.4) is 0 Å². The Morgan fingerprint density at radius 1 is 1.19 bits per heavy atom. The standard InChI is InChI=1S/C21H25FN4O/c1-15-12-16(4-6-19(15)27-2)21-18(14-25-10-3-8-23-9-11-25)26-13-17(22)5-7-20(26)24-21/h4-7,12-13,23H,3,8-11,14H2,1-2H3. The number of benzene rings is 1. The summed E-state index contributed by atoms with van der Waals surface area (Å²) in [5.41, 5.74) is 4.78. The number of pyridine rings is 1. The fourth-order valence-corrected chi connectivity index (χ4v) is 3.75. The van der Waals surface area contributed by atoms with Gasteiger partial charge in [0.2, 0.25) is 0 Å². The number of nitrogens with zero attached hydrogens (tertiary/aromatic N) is 3. The fraction of sp³-hybridized carbons (Fsp3) is 0.381. The first-order valence-corrected chi connectivity index (χ1v) is 9.40. The van der Waals surface area contributed by atoms with E-state index in [0.717, 1.165) is 73.1 Å². The smallest absolute Gasteiger partial charge is 0.139 e. The van der Waals surface area contributed by atoms with Crippen LogP contribution in [0.4, 0.5) is 4.39 Å². The average Bonchev–Trinajstić information content (AvgIpc) is 2.83. The second kappa shape index (κ2) is 7.66. The largest absolute Gasteiger partial charge is 0.496 e. The van der Waals surface area contributed by atoms with E-state index >= 15 is 0 Å². The highest BCUT2D eigenvalue weighted by Crippen LogP contribution is 2.30. The molecule has 2 aromatic heterocycles. The minimum absolute atomic E-state index is 0.254. The molecule has 1 saturated heterocycles. The first kappa shape index (κ1) is 17.9. The summed E-state index contributed by atoms with van der Waals surface area (Å²) in [6.07, 6.45) is 2.65. The summed E-state index contributed by atoms with van der Waals surface area (Å²) in [4.78, 5) is 7.23. The number of nitrogens with one attached hydrogen (secondary N) is 1. The van der Waals surface area contributed by atoms with Crippen molar-refractivity contribution in [2.75, 3.05) is 33.3 Å². The summed E-state index contributed by atoms with van der Waals surface area (Å²) in [6, 6.07) is 9.28. The Kier molecular flexibility index (Phi) is 5.09.